The summed E-state index contributed by atoms with van der Waals surface area (Å²) in [5.41, 5.74) is 2.65. The van der Waals surface area contributed by atoms with E-state index in [1.165, 1.54) is 11.3 Å². The van der Waals surface area contributed by atoms with Gasteiger partial charge in [0, 0.05) is 32.1 Å². The maximum Gasteiger partial charge on any atom is 0.328 e. The van der Waals surface area contributed by atoms with E-state index >= 15 is 0 Å². The molecule has 3 aromatic rings. The summed E-state index contributed by atoms with van der Waals surface area (Å²) in [6, 6.07) is 9.65. The topological polar surface area (TPSA) is 65.3 Å². The lowest BCUT2D eigenvalue weighted by molar-refractivity contribution is 0.0955. The smallest absolute Gasteiger partial charge is 0.328 e. The average molecular weight is 371 g/mol. The van der Waals surface area contributed by atoms with Crippen molar-refractivity contribution >= 4 is 28.3 Å². The number of imidazole rings is 1. The molecule has 26 heavy (non-hydrogen) atoms. The molecule has 3 heterocycles. The van der Waals surface area contributed by atoms with Crippen LogP contribution >= 0.6 is 11.3 Å². The molecule has 0 unspecified atom stereocenters. The highest BCUT2D eigenvalue weighted by molar-refractivity contribution is 7.14. The fourth-order valence-electron chi connectivity index (χ4n) is 3.38. The van der Waals surface area contributed by atoms with Crippen molar-refractivity contribution in [2.24, 2.45) is 14.1 Å². The van der Waals surface area contributed by atoms with E-state index in [2.05, 4.69) is 5.32 Å². The van der Waals surface area contributed by atoms with E-state index in [0.29, 0.717) is 11.4 Å². The van der Waals surface area contributed by atoms with Crippen molar-refractivity contribution in [2.45, 2.75) is 25.5 Å². The molecule has 0 radical (unpaired) electrons. The predicted molar refractivity (Wildman–Crippen MR) is 102 cm³/mol. The lowest BCUT2D eigenvalue weighted by Crippen LogP contribution is -2.21. The number of fused-ring (bicyclic) bond motifs is 1. The summed E-state index contributed by atoms with van der Waals surface area (Å²) in [4.78, 5) is 26.3. The van der Waals surface area contributed by atoms with Crippen LogP contribution in [0.15, 0.2) is 35.1 Å². The molecule has 1 amide bonds. The van der Waals surface area contributed by atoms with Crippen LogP contribution in [0.4, 0.5) is 0 Å². The van der Waals surface area contributed by atoms with Gasteiger partial charge >= 0.3 is 5.69 Å². The van der Waals surface area contributed by atoms with Gasteiger partial charge in [-0.3, -0.25) is 13.9 Å². The van der Waals surface area contributed by atoms with Gasteiger partial charge in [-0.2, -0.15) is 0 Å². The van der Waals surface area contributed by atoms with E-state index in [-0.39, 0.29) is 17.7 Å². The Bertz CT molecular complexity index is 1020. The molecule has 0 bridgehead atoms. The van der Waals surface area contributed by atoms with Crippen molar-refractivity contribution in [2.75, 3.05) is 6.61 Å². The Morgan fingerprint density at radius 2 is 2.04 bits per heavy atom. The van der Waals surface area contributed by atoms with Crippen LogP contribution in [0.25, 0.3) is 11.0 Å². The summed E-state index contributed by atoms with van der Waals surface area (Å²) in [5, 5.41) is 2.96. The highest BCUT2D eigenvalue weighted by Crippen LogP contribution is 2.33. The molecule has 1 fully saturated rings. The molecule has 6 nitrogen and oxygen atoms in total. The summed E-state index contributed by atoms with van der Waals surface area (Å²) in [6.07, 6.45) is 2.25. The van der Waals surface area contributed by atoms with Gasteiger partial charge < -0.3 is 10.1 Å². The van der Waals surface area contributed by atoms with Crippen LogP contribution in [0, 0.1) is 0 Å². The second-order valence-corrected chi connectivity index (χ2v) is 7.73. The molecule has 1 aliphatic heterocycles. The van der Waals surface area contributed by atoms with E-state index in [1.807, 2.05) is 30.3 Å². The van der Waals surface area contributed by atoms with Crippen LogP contribution in [0.5, 0.6) is 0 Å². The number of ether oxygens (including phenoxy) is 1. The Morgan fingerprint density at radius 3 is 2.81 bits per heavy atom. The molecule has 0 spiro atoms. The van der Waals surface area contributed by atoms with Crippen molar-refractivity contribution in [3.8, 4) is 0 Å². The van der Waals surface area contributed by atoms with Crippen molar-refractivity contribution in [3.05, 3.63) is 56.1 Å². The molecular formula is C19H21N3O3S. The molecule has 1 saturated heterocycles. The second kappa shape index (κ2) is 6.74. The average Bonchev–Trinajstić information content (AvgIpc) is 3.38. The number of amides is 1. The molecule has 0 aliphatic carbocycles. The minimum absolute atomic E-state index is 0.0542. The molecule has 136 valence electrons. The third-order valence-electron chi connectivity index (χ3n) is 4.89. The van der Waals surface area contributed by atoms with E-state index in [9.17, 15) is 9.59 Å². The van der Waals surface area contributed by atoms with Crippen LogP contribution in [0.2, 0.25) is 0 Å². The molecule has 4 rings (SSSR count). The number of carbonyl (C=O) groups is 1. The highest BCUT2D eigenvalue weighted by atomic mass is 32.1. The fraction of sp³-hybridized carbons (Fsp3) is 0.368. The Morgan fingerprint density at radius 1 is 1.23 bits per heavy atom. The van der Waals surface area contributed by atoms with Gasteiger partial charge in [0.25, 0.3) is 5.91 Å². The monoisotopic (exact) mass is 371 g/mol. The first-order valence-corrected chi connectivity index (χ1v) is 9.50. The largest absolute Gasteiger partial charge is 0.373 e. The summed E-state index contributed by atoms with van der Waals surface area (Å²) in [7, 11) is 3.51. The molecule has 2 aromatic heterocycles. The third-order valence-corrected chi connectivity index (χ3v) is 6.06. The normalized spacial score (nSPS) is 17.1. The zero-order valence-corrected chi connectivity index (χ0v) is 15.6. The van der Waals surface area contributed by atoms with E-state index in [4.69, 9.17) is 4.74 Å². The molecule has 0 saturated carbocycles. The quantitative estimate of drug-likeness (QED) is 0.767. The van der Waals surface area contributed by atoms with Gasteiger partial charge in [0.1, 0.15) is 0 Å². The SMILES string of the molecule is Cn1c(=O)n(C)c2cc(CNC(=O)c3ccc([C@@H]4CCCO4)s3)ccc21. The van der Waals surface area contributed by atoms with Gasteiger partial charge in [-0.1, -0.05) is 6.07 Å². The Kier molecular flexibility index (Phi) is 4.42. The third kappa shape index (κ3) is 2.97. The number of thiophene rings is 1. The van der Waals surface area contributed by atoms with Gasteiger partial charge in [-0.05, 0) is 42.7 Å². The van der Waals surface area contributed by atoms with Gasteiger partial charge in [-0.25, -0.2) is 4.79 Å². The van der Waals surface area contributed by atoms with Gasteiger partial charge in [0.2, 0.25) is 0 Å². The molecular weight excluding hydrogens is 350 g/mol. The fourth-order valence-corrected chi connectivity index (χ4v) is 4.39. The highest BCUT2D eigenvalue weighted by Gasteiger charge is 2.20. The Hall–Kier alpha value is -2.38. The van der Waals surface area contributed by atoms with Crippen LogP contribution < -0.4 is 11.0 Å². The van der Waals surface area contributed by atoms with Crippen molar-refractivity contribution in [1.29, 1.82) is 0 Å². The summed E-state index contributed by atoms with van der Waals surface area (Å²) >= 11 is 1.50. The molecule has 1 aromatic carbocycles. The number of carbonyl (C=O) groups excluding carboxylic acids is 1. The maximum absolute atomic E-state index is 12.4. The zero-order chi connectivity index (χ0) is 18.3. The van der Waals surface area contributed by atoms with E-state index in [1.54, 1.807) is 23.2 Å². The van der Waals surface area contributed by atoms with Crippen molar-refractivity contribution in [1.82, 2.24) is 14.5 Å². The van der Waals surface area contributed by atoms with Crippen molar-refractivity contribution in [3.63, 3.8) is 0 Å². The Labute approximate surface area is 155 Å². The number of hydrogen-bond acceptors (Lipinski definition) is 4. The number of aromatic nitrogens is 2. The summed E-state index contributed by atoms with van der Waals surface area (Å²) in [6.45, 7) is 1.22. The zero-order valence-electron chi connectivity index (χ0n) is 14.8. The molecule has 1 atom stereocenters. The molecule has 1 aliphatic rings. The first kappa shape index (κ1) is 17.1. The minimum atomic E-state index is -0.0821. The number of nitrogens with one attached hydrogen (secondary N) is 1. The first-order chi connectivity index (χ1) is 12.5. The number of nitrogens with zero attached hydrogens (tertiary/aromatic N) is 2. The molecule has 7 heteroatoms. The van der Waals surface area contributed by atoms with Gasteiger partial charge in [-0.15, -0.1) is 11.3 Å². The van der Waals surface area contributed by atoms with E-state index < -0.39 is 0 Å². The standard InChI is InChI=1S/C19H21N3O3S/c1-21-13-6-5-12(10-14(13)22(2)19(21)24)11-20-18(23)17-8-7-16(26-17)15-4-3-9-25-15/h5-8,10,15H,3-4,9,11H2,1-2H3,(H,20,23)/t15-/m0/s1. The predicted octanol–water partition coefficient (Wildman–Crippen LogP) is 2.72. The maximum atomic E-state index is 12.4. The lowest BCUT2D eigenvalue weighted by atomic mass is 10.2. The van der Waals surface area contributed by atoms with Crippen LogP contribution in [0.1, 0.15) is 39.1 Å². The molecule has 1 N–H and O–H groups in total. The number of benzene rings is 1. The summed E-state index contributed by atoms with van der Waals surface area (Å²) < 4.78 is 8.91. The number of aryl methyl sites for hydroxylation is 2. The van der Waals surface area contributed by atoms with Crippen LogP contribution in [-0.2, 0) is 25.4 Å². The van der Waals surface area contributed by atoms with Gasteiger partial charge in [0.15, 0.2) is 0 Å². The van der Waals surface area contributed by atoms with E-state index in [0.717, 1.165) is 40.9 Å². The first-order valence-electron chi connectivity index (χ1n) is 8.68. The van der Waals surface area contributed by atoms with Crippen LogP contribution in [0.3, 0.4) is 0 Å². The van der Waals surface area contributed by atoms with Crippen molar-refractivity contribution < 1.29 is 9.53 Å². The Balaban J connectivity index is 1.46. The summed E-state index contributed by atoms with van der Waals surface area (Å²) in [5.74, 6) is -0.0821. The number of rotatable bonds is 4. The minimum Gasteiger partial charge on any atom is -0.373 e. The van der Waals surface area contributed by atoms with Gasteiger partial charge in [0.05, 0.1) is 22.0 Å². The number of hydrogen-bond donors (Lipinski definition) is 1. The second-order valence-electron chi connectivity index (χ2n) is 6.61. The van der Waals surface area contributed by atoms with Crippen LogP contribution in [-0.4, -0.2) is 21.6 Å². The lowest BCUT2D eigenvalue weighted by Gasteiger charge is -2.06.